The van der Waals surface area contributed by atoms with Crippen molar-refractivity contribution in [1.29, 1.82) is 0 Å². The number of carboxylic acid groups (broad SMARTS) is 1. The Morgan fingerprint density at radius 3 is 2.62 bits per heavy atom. The molecule has 0 spiro atoms. The van der Waals surface area contributed by atoms with E-state index in [0.717, 1.165) is 28.4 Å². The Bertz CT molecular complexity index is 905. The molecule has 2 aliphatic carbocycles. The van der Waals surface area contributed by atoms with Crippen molar-refractivity contribution in [2.24, 2.45) is 17.8 Å². The van der Waals surface area contributed by atoms with Gasteiger partial charge >= 0.3 is 5.97 Å². The van der Waals surface area contributed by atoms with Gasteiger partial charge in [-0.05, 0) is 89.8 Å². The van der Waals surface area contributed by atoms with Crippen LogP contribution in [0.2, 0.25) is 0 Å². The second kappa shape index (κ2) is 10.0. The van der Waals surface area contributed by atoms with Gasteiger partial charge in [0.25, 0.3) is 0 Å². The molecule has 0 aromatic heterocycles. The molecule has 5 nitrogen and oxygen atoms in total. The van der Waals surface area contributed by atoms with Gasteiger partial charge in [-0.2, -0.15) is 0 Å². The van der Waals surface area contributed by atoms with Crippen LogP contribution in [0.1, 0.15) is 37.7 Å². The number of fused-ring (bicyclic) bond motifs is 2. The predicted molar refractivity (Wildman–Crippen MR) is 124 cm³/mol. The van der Waals surface area contributed by atoms with E-state index in [0.29, 0.717) is 12.3 Å². The third kappa shape index (κ3) is 6.52. The fraction of sp³-hybridized carbons (Fsp3) is 0.409. The van der Waals surface area contributed by atoms with Crippen molar-refractivity contribution in [1.82, 2.24) is 4.72 Å². The van der Waals surface area contributed by atoms with Crippen LogP contribution < -0.4 is 4.72 Å². The average Bonchev–Trinajstić information content (AvgIpc) is 3.26. The zero-order valence-corrected chi connectivity index (χ0v) is 19.1. The fourth-order valence-electron chi connectivity index (χ4n) is 4.13. The predicted octanol–water partition coefficient (Wildman–Crippen LogP) is 4.57. The number of rotatable bonds is 10. The maximum absolute atomic E-state index is 12.6. The Hall–Kier alpha value is -1.45. The first-order valence-electron chi connectivity index (χ1n) is 9.85. The van der Waals surface area contributed by atoms with E-state index in [-0.39, 0.29) is 24.3 Å². The van der Waals surface area contributed by atoms with Gasteiger partial charge in [0, 0.05) is 21.4 Å². The molecule has 1 aromatic carbocycles. The first kappa shape index (κ1) is 22.2. The van der Waals surface area contributed by atoms with Crippen LogP contribution in [-0.2, 0) is 14.8 Å². The number of sulfonamides is 1. The van der Waals surface area contributed by atoms with Gasteiger partial charge < -0.3 is 5.11 Å². The summed E-state index contributed by atoms with van der Waals surface area (Å²) in [5.74, 6) is 0.107. The monoisotopic (exact) mass is 527 g/mol. The van der Waals surface area contributed by atoms with E-state index in [1.54, 1.807) is 6.08 Å². The van der Waals surface area contributed by atoms with Crippen LogP contribution in [0.25, 0.3) is 6.08 Å². The summed E-state index contributed by atoms with van der Waals surface area (Å²) in [7, 11) is -3.53. The molecule has 0 aliphatic heterocycles. The summed E-state index contributed by atoms with van der Waals surface area (Å²) >= 11 is 2.21. The number of carboxylic acids is 1. The van der Waals surface area contributed by atoms with Gasteiger partial charge in [-0.25, -0.2) is 13.1 Å². The van der Waals surface area contributed by atoms with Crippen molar-refractivity contribution in [3.8, 4) is 0 Å². The van der Waals surface area contributed by atoms with Crippen molar-refractivity contribution in [2.75, 3.05) is 0 Å². The minimum absolute atomic E-state index is 0.0972. The van der Waals surface area contributed by atoms with Crippen LogP contribution in [0.3, 0.4) is 0 Å². The smallest absolute Gasteiger partial charge is 0.303 e. The zero-order chi connectivity index (χ0) is 20.9. The normalized spacial score (nSPS) is 26.1. The van der Waals surface area contributed by atoms with E-state index in [1.807, 2.05) is 30.3 Å². The summed E-state index contributed by atoms with van der Waals surface area (Å²) in [6.07, 6.45) is 13.4. The van der Waals surface area contributed by atoms with Crippen molar-refractivity contribution in [2.45, 2.75) is 38.1 Å². The second-order valence-electron chi connectivity index (χ2n) is 7.65. The molecule has 0 saturated heterocycles. The lowest BCUT2D eigenvalue weighted by Gasteiger charge is -2.27. The molecule has 156 valence electrons. The van der Waals surface area contributed by atoms with Crippen molar-refractivity contribution in [3.63, 3.8) is 0 Å². The molecule has 2 N–H and O–H groups in total. The molecule has 1 saturated carbocycles. The molecule has 7 heteroatoms. The highest BCUT2D eigenvalue weighted by Crippen LogP contribution is 2.45. The number of hydrogen-bond donors (Lipinski definition) is 2. The van der Waals surface area contributed by atoms with Crippen molar-refractivity contribution >= 4 is 44.7 Å². The molecule has 1 aromatic rings. The lowest BCUT2D eigenvalue weighted by molar-refractivity contribution is -0.137. The van der Waals surface area contributed by atoms with E-state index in [9.17, 15) is 13.2 Å². The maximum Gasteiger partial charge on any atom is 0.303 e. The Morgan fingerprint density at radius 2 is 1.90 bits per heavy atom. The van der Waals surface area contributed by atoms with E-state index < -0.39 is 16.0 Å². The first-order valence-corrected chi connectivity index (χ1v) is 12.5. The molecule has 0 amide bonds. The lowest BCUT2D eigenvalue weighted by atomic mass is 9.86. The van der Waals surface area contributed by atoms with E-state index in [2.05, 4.69) is 45.5 Å². The molecular formula is C22H26INO4S. The molecule has 0 heterocycles. The van der Waals surface area contributed by atoms with Crippen molar-refractivity contribution < 1.29 is 18.3 Å². The van der Waals surface area contributed by atoms with Gasteiger partial charge in [-0.3, -0.25) is 4.79 Å². The van der Waals surface area contributed by atoms with E-state index in [1.165, 1.54) is 5.41 Å². The Kier molecular flexibility index (Phi) is 7.70. The van der Waals surface area contributed by atoms with E-state index >= 15 is 0 Å². The van der Waals surface area contributed by atoms with Gasteiger partial charge in [0.05, 0.1) is 0 Å². The minimum Gasteiger partial charge on any atom is -0.481 e. The summed E-state index contributed by atoms with van der Waals surface area (Å²) in [5.41, 5.74) is 0.851. The first-order chi connectivity index (χ1) is 13.8. The molecule has 4 unspecified atom stereocenters. The number of aliphatic carboxylic acids is 1. The number of unbranched alkanes of at least 4 members (excludes halogenated alkanes) is 1. The Morgan fingerprint density at radius 1 is 1.17 bits per heavy atom. The van der Waals surface area contributed by atoms with E-state index in [4.69, 9.17) is 5.11 Å². The highest BCUT2D eigenvalue weighted by atomic mass is 127. The fourth-order valence-corrected chi connectivity index (χ4v) is 5.64. The maximum atomic E-state index is 12.6. The molecular weight excluding hydrogens is 501 g/mol. The Balaban J connectivity index is 1.58. The highest BCUT2D eigenvalue weighted by molar-refractivity contribution is 14.1. The molecule has 2 bridgehead atoms. The quantitative estimate of drug-likeness (QED) is 0.265. The van der Waals surface area contributed by atoms with Crippen LogP contribution in [0.4, 0.5) is 0 Å². The summed E-state index contributed by atoms with van der Waals surface area (Å²) in [4.78, 5) is 10.6. The number of hydrogen-bond acceptors (Lipinski definition) is 3. The largest absolute Gasteiger partial charge is 0.481 e. The average molecular weight is 527 g/mol. The number of halogens is 1. The summed E-state index contributed by atoms with van der Waals surface area (Å²) < 4.78 is 29.3. The van der Waals surface area contributed by atoms with Gasteiger partial charge in [-0.15, -0.1) is 0 Å². The van der Waals surface area contributed by atoms with Crippen LogP contribution >= 0.6 is 22.6 Å². The van der Waals surface area contributed by atoms with Gasteiger partial charge in [0.2, 0.25) is 10.0 Å². The third-order valence-corrected chi connectivity index (χ3v) is 7.38. The number of carbonyl (C=O) groups is 1. The lowest BCUT2D eigenvalue weighted by Crippen LogP contribution is -2.41. The molecule has 0 radical (unpaired) electrons. The van der Waals surface area contributed by atoms with Gasteiger partial charge in [0.15, 0.2) is 0 Å². The summed E-state index contributed by atoms with van der Waals surface area (Å²) in [6.45, 7) is 0. The minimum atomic E-state index is -3.53. The second-order valence-corrected chi connectivity index (χ2v) is 10.5. The van der Waals surface area contributed by atoms with Gasteiger partial charge in [0.1, 0.15) is 0 Å². The van der Waals surface area contributed by atoms with Crippen LogP contribution in [0, 0.1) is 21.3 Å². The summed E-state index contributed by atoms with van der Waals surface area (Å²) in [6, 6.07) is 7.58. The zero-order valence-electron chi connectivity index (χ0n) is 16.1. The number of nitrogens with one attached hydrogen (secondary N) is 1. The van der Waals surface area contributed by atoms with Crippen molar-refractivity contribution in [3.05, 3.63) is 63.1 Å². The standard InChI is InChI=1S/C22H26INO4S/c23-19-11-7-16(8-12-19)13-14-29(27,28)24-22-18-10-9-17(15-18)20(22)5-3-1-2-4-6-21(25)26/h1,3,7-14,17-18,20,22,24H,2,4-6,15H2,(H,25,26). The van der Waals surface area contributed by atoms with Gasteiger partial charge in [-0.1, -0.05) is 36.4 Å². The molecule has 1 fully saturated rings. The number of allylic oxidation sites excluding steroid dienone is 3. The molecule has 4 atom stereocenters. The van der Waals surface area contributed by atoms with Crippen LogP contribution in [0.5, 0.6) is 0 Å². The topological polar surface area (TPSA) is 83.5 Å². The molecule has 3 rings (SSSR count). The Labute approximate surface area is 186 Å². The third-order valence-electron chi connectivity index (χ3n) is 5.57. The van der Waals surface area contributed by atoms with Crippen LogP contribution in [-0.4, -0.2) is 25.5 Å². The number of benzene rings is 1. The summed E-state index contributed by atoms with van der Waals surface area (Å²) in [5, 5.41) is 9.94. The highest BCUT2D eigenvalue weighted by Gasteiger charge is 2.44. The van der Waals surface area contributed by atoms with Crippen LogP contribution in [0.15, 0.2) is 54.0 Å². The SMILES string of the molecule is O=C(O)CCCC=CCC1C2C=CC(C2)C1NS(=O)(=O)C=Cc1ccc(I)cc1. The molecule has 29 heavy (non-hydrogen) atoms. The molecule has 2 aliphatic rings.